The summed E-state index contributed by atoms with van der Waals surface area (Å²) in [6, 6.07) is 7.34. The van der Waals surface area contributed by atoms with Crippen LogP contribution in [0, 0.1) is 0 Å². The minimum Gasteiger partial charge on any atom is -0.371 e. The van der Waals surface area contributed by atoms with E-state index in [-0.39, 0.29) is 6.04 Å². The molecule has 1 aromatic rings. The van der Waals surface area contributed by atoms with E-state index in [2.05, 4.69) is 0 Å². The van der Waals surface area contributed by atoms with Gasteiger partial charge in [0.15, 0.2) is 9.84 Å². The van der Waals surface area contributed by atoms with E-state index in [0.29, 0.717) is 4.90 Å². The Hall–Kier alpha value is -1.03. The van der Waals surface area contributed by atoms with Crippen LogP contribution < -0.4 is 4.90 Å². The number of hydrogen-bond donors (Lipinski definition) is 0. The largest absolute Gasteiger partial charge is 0.371 e. The second-order valence-corrected chi connectivity index (χ2v) is 5.93. The molecule has 0 N–H and O–H groups in total. The van der Waals surface area contributed by atoms with E-state index in [4.69, 9.17) is 0 Å². The maximum Gasteiger partial charge on any atom is 0.177 e. The number of hydrogen-bond acceptors (Lipinski definition) is 3. The molecule has 15 heavy (non-hydrogen) atoms. The molecule has 3 nitrogen and oxygen atoms in total. The minimum absolute atomic E-state index is 0.271. The van der Waals surface area contributed by atoms with Gasteiger partial charge in [-0.25, -0.2) is 8.42 Å². The summed E-state index contributed by atoms with van der Waals surface area (Å²) in [5.41, 5.74) is 0.759. The zero-order chi connectivity index (χ0) is 11.6. The number of benzene rings is 1. The molecule has 0 radical (unpaired) electrons. The Morgan fingerprint density at radius 2 is 1.73 bits per heavy atom. The number of para-hydroxylation sites is 1. The average molecular weight is 227 g/mol. The van der Waals surface area contributed by atoms with Crippen molar-refractivity contribution < 1.29 is 8.42 Å². The Morgan fingerprint density at radius 1 is 1.20 bits per heavy atom. The van der Waals surface area contributed by atoms with Crippen LogP contribution in [0.4, 0.5) is 5.69 Å². The molecular formula is C11H17NO2S. The highest BCUT2D eigenvalue weighted by molar-refractivity contribution is 7.90. The fraction of sp³-hybridized carbons (Fsp3) is 0.455. The predicted molar refractivity (Wildman–Crippen MR) is 63.1 cm³/mol. The van der Waals surface area contributed by atoms with Gasteiger partial charge in [0, 0.05) is 19.3 Å². The van der Waals surface area contributed by atoms with E-state index in [1.807, 2.05) is 37.9 Å². The van der Waals surface area contributed by atoms with Crippen LogP contribution in [-0.2, 0) is 9.84 Å². The summed E-state index contributed by atoms with van der Waals surface area (Å²) in [6.07, 6.45) is 1.24. The molecule has 0 amide bonds. The van der Waals surface area contributed by atoms with Crippen LogP contribution >= 0.6 is 0 Å². The minimum atomic E-state index is -3.15. The zero-order valence-electron chi connectivity index (χ0n) is 9.56. The van der Waals surface area contributed by atoms with Crippen LogP contribution in [0.1, 0.15) is 13.8 Å². The van der Waals surface area contributed by atoms with Crippen LogP contribution in [0.5, 0.6) is 0 Å². The second-order valence-electron chi connectivity index (χ2n) is 3.94. The van der Waals surface area contributed by atoms with Crippen molar-refractivity contribution in [1.29, 1.82) is 0 Å². The lowest BCUT2D eigenvalue weighted by molar-refractivity contribution is 0.601. The van der Waals surface area contributed by atoms with Gasteiger partial charge >= 0.3 is 0 Å². The fourth-order valence-corrected chi connectivity index (χ4v) is 2.26. The summed E-state index contributed by atoms with van der Waals surface area (Å²) in [5, 5.41) is 0. The molecule has 84 valence electrons. The first-order valence-electron chi connectivity index (χ1n) is 4.86. The molecular weight excluding hydrogens is 210 g/mol. The van der Waals surface area contributed by atoms with E-state index in [0.717, 1.165) is 5.69 Å². The highest BCUT2D eigenvalue weighted by atomic mass is 32.2. The highest BCUT2D eigenvalue weighted by Crippen LogP contribution is 2.25. The van der Waals surface area contributed by atoms with Crippen molar-refractivity contribution in [2.75, 3.05) is 18.2 Å². The normalized spacial score (nSPS) is 11.8. The monoisotopic (exact) mass is 227 g/mol. The van der Waals surface area contributed by atoms with Crippen molar-refractivity contribution in [1.82, 2.24) is 0 Å². The molecule has 1 aromatic carbocycles. The molecule has 1 rings (SSSR count). The maximum atomic E-state index is 11.6. The molecule has 0 unspecified atom stereocenters. The lowest BCUT2D eigenvalue weighted by Crippen LogP contribution is -2.27. The Kier molecular flexibility index (Phi) is 3.39. The summed E-state index contributed by atoms with van der Waals surface area (Å²) in [5.74, 6) is 0. The summed E-state index contributed by atoms with van der Waals surface area (Å²) in [6.45, 7) is 4.05. The number of rotatable bonds is 3. The smallest absolute Gasteiger partial charge is 0.177 e. The molecule has 0 aliphatic rings. The molecule has 0 heterocycles. The average Bonchev–Trinajstić information content (AvgIpc) is 2.15. The first-order chi connectivity index (χ1) is 6.84. The van der Waals surface area contributed by atoms with Crippen molar-refractivity contribution in [2.24, 2.45) is 0 Å². The molecule has 0 aliphatic carbocycles. The maximum absolute atomic E-state index is 11.6. The predicted octanol–water partition coefficient (Wildman–Crippen LogP) is 1.93. The van der Waals surface area contributed by atoms with Gasteiger partial charge in [-0.3, -0.25) is 0 Å². The van der Waals surface area contributed by atoms with E-state index in [9.17, 15) is 8.42 Å². The molecule has 0 fully saturated rings. The number of sulfone groups is 1. The van der Waals surface area contributed by atoms with E-state index < -0.39 is 9.84 Å². The Labute approximate surface area is 91.6 Å². The second kappa shape index (κ2) is 4.23. The van der Waals surface area contributed by atoms with Gasteiger partial charge in [-0.2, -0.15) is 0 Å². The Bertz CT molecular complexity index is 438. The number of nitrogens with zero attached hydrogens (tertiary/aromatic N) is 1. The summed E-state index contributed by atoms with van der Waals surface area (Å²) in [4.78, 5) is 2.34. The third-order valence-electron chi connectivity index (χ3n) is 2.42. The third kappa shape index (κ3) is 2.72. The van der Waals surface area contributed by atoms with Gasteiger partial charge in [-0.15, -0.1) is 0 Å². The molecule has 0 atom stereocenters. The summed E-state index contributed by atoms with van der Waals surface area (Å²) >= 11 is 0. The Morgan fingerprint density at radius 3 is 2.20 bits per heavy atom. The van der Waals surface area contributed by atoms with E-state index in [1.54, 1.807) is 12.1 Å². The topological polar surface area (TPSA) is 37.4 Å². The van der Waals surface area contributed by atoms with Gasteiger partial charge in [0.05, 0.1) is 10.6 Å². The van der Waals surface area contributed by atoms with Crippen LogP contribution in [0.25, 0.3) is 0 Å². The van der Waals surface area contributed by atoms with Crippen LogP contribution in [-0.4, -0.2) is 27.8 Å². The SMILES string of the molecule is CC(C)N(C)c1ccccc1S(C)(=O)=O. The molecule has 0 saturated heterocycles. The van der Waals surface area contributed by atoms with Gasteiger partial charge in [-0.05, 0) is 26.0 Å². The quantitative estimate of drug-likeness (QED) is 0.792. The van der Waals surface area contributed by atoms with Crippen LogP contribution in [0.15, 0.2) is 29.2 Å². The highest BCUT2D eigenvalue weighted by Gasteiger charge is 2.16. The van der Waals surface area contributed by atoms with Gasteiger partial charge in [0.25, 0.3) is 0 Å². The van der Waals surface area contributed by atoms with Crippen LogP contribution in [0.3, 0.4) is 0 Å². The van der Waals surface area contributed by atoms with Gasteiger partial charge in [-0.1, -0.05) is 12.1 Å². The molecule has 0 aromatic heterocycles. The lowest BCUT2D eigenvalue weighted by Gasteiger charge is -2.25. The third-order valence-corrected chi connectivity index (χ3v) is 3.56. The van der Waals surface area contributed by atoms with Gasteiger partial charge in [0.2, 0.25) is 0 Å². The van der Waals surface area contributed by atoms with E-state index >= 15 is 0 Å². The Balaban J connectivity index is 3.31. The fourth-order valence-electron chi connectivity index (χ4n) is 1.34. The lowest BCUT2D eigenvalue weighted by atomic mass is 10.2. The molecule has 0 spiro atoms. The first kappa shape index (κ1) is 12.0. The first-order valence-corrected chi connectivity index (χ1v) is 6.75. The van der Waals surface area contributed by atoms with Crippen molar-refractivity contribution in [3.05, 3.63) is 24.3 Å². The molecule has 4 heteroatoms. The summed E-state index contributed by atoms with van der Waals surface area (Å²) in [7, 11) is -1.26. The van der Waals surface area contributed by atoms with Crippen molar-refractivity contribution >= 4 is 15.5 Å². The van der Waals surface area contributed by atoms with Gasteiger partial charge < -0.3 is 4.90 Å². The molecule has 0 bridgehead atoms. The van der Waals surface area contributed by atoms with E-state index in [1.165, 1.54) is 6.26 Å². The summed E-state index contributed by atoms with van der Waals surface area (Å²) < 4.78 is 23.1. The molecule has 0 aliphatic heterocycles. The molecule has 0 saturated carbocycles. The van der Waals surface area contributed by atoms with Crippen molar-refractivity contribution in [3.63, 3.8) is 0 Å². The standard InChI is InChI=1S/C11H17NO2S/c1-9(2)12(3)10-7-5-6-8-11(10)15(4,13)14/h5-9H,1-4H3. The van der Waals surface area contributed by atoms with Crippen LogP contribution in [0.2, 0.25) is 0 Å². The zero-order valence-corrected chi connectivity index (χ0v) is 10.4. The van der Waals surface area contributed by atoms with Crippen molar-refractivity contribution in [3.8, 4) is 0 Å². The van der Waals surface area contributed by atoms with Gasteiger partial charge in [0.1, 0.15) is 0 Å². The number of anilines is 1. The van der Waals surface area contributed by atoms with Crippen molar-refractivity contribution in [2.45, 2.75) is 24.8 Å².